The highest BCUT2D eigenvalue weighted by atomic mass is 16.5. The molecule has 1 aromatic carbocycles. The number of amidine groups is 1. The number of rotatable bonds is 2. The SMILES string of the molecule is CN(C)N=C(N)Oc1ccccc1. The molecule has 0 atom stereocenters. The van der Waals surface area contributed by atoms with Crippen LogP contribution in [0.4, 0.5) is 0 Å². The minimum Gasteiger partial charge on any atom is -0.425 e. The van der Waals surface area contributed by atoms with E-state index in [0.29, 0.717) is 5.75 Å². The highest BCUT2D eigenvalue weighted by Crippen LogP contribution is 2.07. The Kier molecular flexibility index (Phi) is 3.14. The molecule has 4 heteroatoms. The first-order valence-corrected chi connectivity index (χ1v) is 3.93. The number of hydrogen-bond donors (Lipinski definition) is 1. The second-order valence-electron chi connectivity index (χ2n) is 2.70. The molecule has 0 fully saturated rings. The van der Waals surface area contributed by atoms with Crippen molar-refractivity contribution in [3.05, 3.63) is 30.3 Å². The van der Waals surface area contributed by atoms with E-state index in [9.17, 15) is 0 Å². The summed E-state index contributed by atoms with van der Waals surface area (Å²) >= 11 is 0. The van der Waals surface area contributed by atoms with Gasteiger partial charge in [-0.1, -0.05) is 18.2 Å². The molecule has 1 aromatic rings. The van der Waals surface area contributed by atoms with Crippen LogP contribution in [-0.2, 0) is 0 Å². The summed E-state index contributed by atoms with van der Waals surface area (Å²) in [6.45, 7) is 0. The Morgan fingerprint density at radius 2 is 1.92 bits per heavy atom. The van der Waals surface area contributed by atoms with E-state index in [2.05, 4.69) is 5.10 Å². The number of hydrogen-bond acceptors (Lipinski definition) is 3. The van der Waals surface area contributed by atoms with Gasteiger partial charge >= 0.3 is 6.02 Å². The average Bonchev–Trinajstić information content (AvgIpc) is 2.04. The standard InChI is InChI=1S/C9H13N3O/c1-12(2)11-9(10)13-8-6-4-3-5-7-8/h3-7H,1-2H3,(H2,10,11). The van der Waals surface area contributed by atoms with Gasteiger partial charge in [-0.05, 0) is 12.1 Å². The van der Waals surface area contributed by atoms with Crippen molar-refractivity contribution in [2.45, 2.75) is 0 Å². The molecule has 1 rings (SSSR count). The molecule has 4 nitrogen and oxygen atoms in total. The Labute approximate surface area is 77.6 Å². The summed E-state index contributed by atoms with van der Waals surface area (Å²) in [4.78, 5) is 0. The molecule has 0 bridgehead atoms. The minimum atomic E-state index is 0.135. The number of nitrogens with two attached hydrogens (primary N) is 1. The zero-order valence-electron chi connectivity index (χ0n) is 7.77. The van der Waals surface area contributed by atoms with E-state index in [4.69, 9.17) is 10.5 Å². The van der Waals surface area contributed by atoms with E-state index >= 15 is 0 Å². The van der Waals surface area contributed by atoms with Gasteiger partial charge in [0.15, 0.2) is 0 Å². The smallest absolute Gasteiger partial charge is 0.309 e. The topological polar surface area (TPSA) is 50.8 Å². The van der Waals surface area contributed by atoms with Gasteiger partial charge < -0.3 is 10.5 Å². The molecule has 0 saturated heterocycles. The van der Waals surface area contributed by atoms with E-state index < -0.39 is 0 Å². The minimum absolute atomic E-state index is 0.135. The predicted molar refractivity (Wildman–Crippen MR) is 52.4 cm³/mol. The number of hydrazone groups is 1. The van der Waals surface area contributed by atoms with Crippen LogP contribution in [0.5, 0.6) is 5.75 Å². The van der Waals surface area contributed by atoms with Crippen LogP contribution in [0.25, 0.3) is 0 Å². The molecule has 0 aliphatic heterocycles. The molecule has 70 valence electrons. The van der Waals surface area contributed by atoms with Gasteiger partial charge in [-0.25, -0.2) is 0 Å². The van der Waals surface area contributed by atoms with Crippen LogP contribution in [0, 0.1) is 0 Å². The van der Waals surface area contributed by atoms with E-state index in [-0.39, 0.29) is 6.02 Å². The van der Waals surface area contributed by atoms with Crippen molar-refractivity contribution in [3.8, 4) is 5.75 Å². The van der Waals surface area contributed by atoms with Crippen LogP contribution < -0.4 is 10.5 Å². The first-order chi connectivity index (χ1) is 6.18. The Morgan fingerprint density at radius 1 is 1.31 bits per heavy atom. The van der Waals surface area contributed by atoms with Gasteiger partial charge in [-0.15, -0.1) is 5.10 Å². The van der Waals surface area contributed by atoms with Gasteiger partial charge in [0.1, 0.15) is 5.75 Å². The quantitative estimate of drug-likeness (QED) is 0.416. The lowest BCUT2D eigenvalue weighted by molar-refractivity contribution is 0.410. The molecule has 0 aromatic heterocycles. The second-order valence-corrected chi connectivity index (χ2v) is 2.70. The summed E-state index contributed by atoms with van der Waals surface area (Å²) in [5.41, 5.74) is 5.49. The molecule has 0 spiro atoms. The maximum Gasteiger partial charge on any atom is 0.309 e. The summed E-state index contributed by atoms with van der Waals surface area (Å²) < 4.78 is 5.21. The second kappa shape index (κ2) is 4.35. The van der Waals surface area contributed by atoms with Gasteiger partial charge in [0.2, 0.25) is 0 Å². The zero-order chi connectivity index (χ0) is 9.68. The molecule has 0 aliphatic rings. The maximum atomic E-state index is 5.49. The summed E-state index contributed by atoms with van der Waals surface area (Å²) in [6, 6.07) is 9.43. The van der Waals surface area contributed by atoms with Gasteiger partial charge in [0.25, 0.3) is 0 Å². The Bertz CT molecular complexity index is 282. The number of para-hydroxylation sites is 1. The van der Waals surface area contributed by atoms with Gasteiger partial charge in [0.05, 0.1) is 0 Å². The molecule has 0 heterocycles. The van der Waals surface area contributed by atoms with Crippen molar-refractivity contribution in [1.82, 2.24) is 5.01 Å². The molecule has 2 N–H and O–H groups in total. The van der Waals surface area contributed by atoms with E-state index in [1.807, 2.05) is 30.3 Å². The summed E-state index contributed by atoms with van der Waals surface area (Å²) in [5, 5.41) is 5.46. The maximum absolute atomic E-state index is 5.49. The average molecular weight is 179 g/mol. The van der Waals surface area contributed by atoms with Crippen molar-refractivity contribution < 1.29 is 4.74 Å². The lowest BCUT2D eigenvalue weighted by atomic mass is 10.3. The highest BCUT2D eigenvalue weighted by molar-refractivity contribution is 5.73. The largest absolute Gasteiger partial charge is 0.425 e. The highest BCUT2D eigenvalue weighted by Gasteiger charge is 1.95. The van der Waals surface area contributed by atoms with E-state index in [1.165, 1.54) is 0 Å². The fourth-order valence-electron chi connectivity index (χ4n) is 0.827. The van der Waals surface area contributed by atoms with Crippen molar-refractivity contribution in [2.75, 3.05) is 14.1 Å². The third-order valence-electron chi connectivity index (χ3n) is 1.26. The summed E-state index contributed by atoms with van der Waals surface area (Å²) in [7, 11) is 3.56. The summed E-state index contributed by atoms with van der Waals surface area (Å²) in [5.74, 6) is 0.686. The Morgan fingerprint density at radius 3 is 2.46 bits per heavy atom. The number of ether oxygens (including phenoxy) is 1. The lowest BCUT2D eigenvalue weighted by Gasteiger charge is -2.07. The summed E-state index contributed by atoms with van der Waals surface area (Å²) in [6.07, 6.45) is 0. The molecule has 0 radical (unpaired) electrons. The van der Waals surface area contributed by atoms with E-state index in [1.54, 1.807) is 19.1 Å². The number of benzene rings is 1. The number of nitrogens with zero attached hydrogens (tertiary/aromatic N) is 2. The van der Waals surface area contributed by atoms with Crippen LogP contribution in [0.2, 0.25) is 0 Å². The van der Waals surface area contributed by atoms with Crippen LogP contribution >= 0.6 is 0 Å². The van der Waals surface area contributed by atoms with Crippen molar-refractivity contribution in [2.24, 2.45) is 10.8 Å². The van der Waals surface area contributed by atoms with Crippen molar-refractivity contribution in [1.29, 1.82) is 0 Å². The van der Waals surface area contributed by atoms with Gasteiger partial charge in [-0.3, -0.25) is 5.01 Å². The molecular formula is C9H13N3O. The van der Waals surface area contributed by atoms with Crippen molar-refractivity contribution in [3.63, 3.8) is 0 Å². The molecule has 0 saturated carbocycles. The first kappa shape index (κ1) is 9.38. The fraction of sp³-hybridized carbons (Fsp3) is 0.222. The first-order valence-electron chi connectivity index (χ1n) is 3.93. The third-order valence-corrected chi connectivity index (χ3v) is 1.26. The normalized spacial score (nSPS) is 11.1. The molecule has 13 heavy (non-hydrogen) atoms. The molecule has 0 amide bonds. The van der Waals surface area contributed by atoms with Crippen LogP contribution in [-0.4, -0.2) is 25.1 Å². The van der Waals surface area contributed by atoms with Gasteiger partial charge in [0, 0.05) is 14.1 Å². The lowest BCUT2D eigenvalue weighted by Crippen LogP contribution is -2.23. The predicted octanol–water partition coefficient (Wildman–Crippen LogP) is 0.857. The monoisotopic (exact) mass is 179 g/mol. The van der Waals surface area contributed by atoms with Crippen LogP contribution in [0.15, 0.2) is 35.4 Å². The zero-order valence-corrected chi connectivity index (χ0v) is 7.77. The Hall–Kier alpha value is -1.71. The Balaban J connectivity index is 2.60. The van der Waals surface area contributed by atoms with Gasteiger partial charge in [-0.2, -0.15) is 0 Å². The fourth-order valence-corrected chi connectivity index (χ4v) is 0.827. The molecule has 0 unspecified atom stereocenters. The van der Waals surface area contributed by atoms with Crippen LogP contribution in [0.1, 0.15) is 0 Å². The van der Waals surface area contributed by atoms with E-state index in [0.717, 1.165) is 0 Å². The van der Waals surface area contributed by atoms with Crippen LogP contribution in [0.3, 0.4) is 0 Å². The molecule has 0 aliphatic carbocycles. The van der Waals surface area contributed by atoms with Crippen molar-refractivity contribution >= 4 is 6.02 Å². The third kappa shape index (κ3) is 3.46. The molecular weight excluding hydrogens is 166 g/mol.